The SMILES string of the molecule is C=C(/C=C(/CNc1ncc(Br)c(Nc2cc(C(C)C)n[nH]2)n1)OC)c1ccccc1. The molecule has 0 saturated heterocycles. The fraction of sp³-hybridized carbons (Fsp3) is 0.227. The van der Waals surface area contributed by atoms with Crippen molar-refractivity contribution in [3.05, 3.63) is 76.7 Å². The largest absolute Gasteiger partial charge is 0.499 e. The minimum Gasteiger partial charge on any atom is -0.499 e. The lowest BCUT2D eigenvalue weighted by Crippen LogP contribution is -2.10. The quantitative estimate of drug-likeness (QED) is 0.284. The van der Waals surface area contributed by atoms with Crippen LogP contribution in [0, 0.1) is 0 Å². The molecule has 0 unspecified atom stereocenters. The molecule has 0 atom stereocenters. The van der Waals surface area contributed by atoms with Crippen LogP contribution in [0.4, 0.5) is 17.6 Å². The number of ether oxygens (including phenoxy) is 1. The lowest BCUT2D eigenvalue weighted by molar-refractivity contribution is 0.290. The molecule has 0 bridgehead atoms. The third kappa shape index (κ3) is 5.70. The van der Waals surface area contributed by atoms with E-state index in [0.717, 1.165) is 32.9 Å². The van der Waals surface area contributed by atoms with Crippen LogP contribution in [-0.4, -0.2) is 33.8 Å². The van der Waals surface area contributed by atoms with Gasteiger partial charge >= 0.3 is 0 Å². The lowest BCUT2D eigenvalue weighted by atomic mass is 10.1. The van der Waals surface area contributed by atoms with Crippen LogP contribution in [0.5, 0.6) is 0 Å². The van der Waals surface area contributed by atoms with Gasteiger partial charge in [0.05, 0.1) is 23.8 Å². The summed E-state index contributed by atoms with van der Waals surface area (Å²) in [6.45, 7) is 8.72. The molecule has 3 N–H and O–H groups in total. The van der Waals surface area contributed by atoms with Gasteiger partial charge in [0, 0.05) is 12.3 Å². The first-order chi connectivity index (χ1) is 14.5. The Morgan fingerprint density at radius 1 is 1.30 bits per heavy atom. The third-order valence-electron chi connectivity index (χ3n) is 4.35. The number of H-pyrrole nitrogens is 1. The summed E-state index contributed by atoms with van der Waals surface area (Å²) in [4.78, 5) is 8.85. The van der Waals surface area contributed by atoms with Crippen molar-refractivity contribution < 1.29 is 4.74 Å². The number of methoxy groups -OCH3 is 1. The molecule has 2 heterocycles. The maximum Gasteiger partial charge on any atom is 0.225 e. The van der Waals surface area contributed by atoms with Gasteiger partial charge in [-0.15, -0.1) is 0 Å². The van der Waals surface area contributed by atoms with Gasteiger partial charge in [0.15, 0.2) is 5.82 Å². The van der Waals surface area contributed by atoms with E-state index in [4.69, 9.17) is 4.74 Å². The molecule has 0 saturated carbocycles. The normalized spacial score (nSPS) is 11.4. The molecule has 0 radical (unpaired) electrons. The first-order valence-corrected chi connectivity index (χ1v) is 10.3. The van der Waals surface area contributed by atoms with E-state index in [0.29, 0.717) is 24.2 Å². The average Bonchev–Trinajstić information content (AvgIpc) is 3.22. The second-order valence-electron chi connectivity index (χ2n) is 6.94. The number of allylic oxidation sites excluding steroid dienone is 2. The number of halogens is 1. The summed E-state index contributed by atoms with van der Waals surface area (Å²) in [5.41, 5.74) is 2.89. The second kappa shape index (κ2) is 10.1. The van der Waals surface area contributed by atoms with Gasteiger partial charge in [-0.1, -0.05) is 50.8 Å². The first-order valence-electron chi connectivity index (χ1n) is 9.54. The number of rotatable bonds is 9. The molecular weight excluding hydrogens is 444 g/mol. The fourth-order valence-electron chi connectivity index (χ4n) is 2.64. The number of nitrogens with one attached hydrogen (secondary N) is 3. The van der Waals surface area contributed by atoms with E-state index >= 15 is 0 Å². The van der Waals surface area contributed by atoms with Crippen LogP contribution >= 0.6 is 15.9 Å². The minimum atomic E-state index is 0.341. The zero-order valence-electron chi connectivity index (χ0n) is 17.2. The van der Waals surface area contributed by atoms with Gasteiger partial charge in [0.2, 0.25) is 5.95 Å². The summed E-state index contributed by atoms with van der Waals surface area (Å²) in [6, 6.07) is 11.9. The van der Waals surface area contributed by atoms with E-state index in [1.807, 2.05) is 42.5 Å². The number of aromatic nitrogens is 4. The number of hydrogen-bond donors (Lipinski definition) is 3. The smallest absolute Gasteiger partial charge is 0.225 e. The molecular formula is C22H25BrN6O. The van der Waals surface area contributed by atoms with Crippen molar-refractivity contribution in [2.24, 2.45) is 0 Å². The third-order valence-corrected chi connectivity index (χ3v) is 4.93. The summed E-state index contributed by atoms with van der Waals surface area (Å²) in [5, 5.41) is 13.7. The molecule has 3 rings (SSSR count). The highest BCUT2D eigenvalue weighted by Crippen LogP contribution is 2.25. The van der Waals surface area contributed by atoms with Crippen molar-refractivity contribution in [1.82, 2.24) is 20.2 Å². The molecule has 7 nitrogen and oxygen atoms in total. The summed E-state index contributed by atoms with van der Waals surface area (Å²) >= 11 is 3.48. The molecule has 8 heteroatoms. The summed E-state index contributed by atoms with van der Waals surface area (Å²) in [6.07, 6.45) is 3.59. The first kappa shape index (κ1) is 21.6. The molecule has 0 aliphatic heterocycles. The van der Waals surface area contributed by atoms with Gasteiger partial charge < -0.3 is 15.4 Å². The average molecular weight is 469 g/mol. The number of aromatic amines is 1. The number of anilines is 3. The molecule has 3 aromatic rings. The van der Waals surface area contributed by atoms with Gasteiger partial charge in [0.1, 0.15) is 11.6 Å². The van der Waals surface area contributed by atoms with Crippen LogP contribution in [0.1, 0.15) is 31.0 Å². The molecule has 0 aliphatic rings. The van der Waals surface area contributed by atoms with E-state index in [-0.39, 0.29) is 0 Å². The topological polar surface area (TPSA) is 87.8 Å². The Balaban J connectivity index is 1.68. The Hall–Kier alpha value is -3.13. The molecule has 156 valence electrons. The second-order valence-corrected chi connectivity index (χ2v) is 7.79. The molecule has 30 heavy (non-hydrogen) atoms. The van der Waals surface area contributed by atoms with Gasteiger partial charge in [-0.05, 0) is 39.1 Å². The van der Waals surface area contributed by atoms with Crippen LogP contribution in [0.15, 0.2) is 65.5 Å². The van der Waals surface area contributed by atoms with Crippen LogP contribution in [0.25, 0.3) is 5.57 Å². The summed E-state index contributed by atoms with van der Waals surface area (Å²) < 4.78 is 6.23. The summed E-state index contributed by atoms with van der Waals surface area (Å²) in [7, 11) is 1.63. The highest BCUT2D eigenvalue weighted by Gasteiger charge is 2.10. The molecule has 0 amide bonds. The Kier molecular flexibility index (Phi) is 7.24. The van der Waals surface area contributed by atoms with Crippen molar-refractivity contribution in [1.29, 1.82) is 0 Å². The molecule has 1 aromatic carbocycles. The van der Waals surface area contributed by atoms with E-state index in [2.05, 4.69) is 67.2 Å². The molecule has 0 spiro atoms. The maximum atomic E-state index is 5.48. The van der Waals surface area contributed by atoms with Crippen LogP contribution < -0.4 is 10.6 Å². The van der Waals surface area contributed by atoms with Crippen LogP contribution in [0.2, 0.25) is 0 Å². The van der Waals surface area contributed by atoms with E-state index < -0.39 is 0 Å². The highest BCUT2D eigenvalue weighted by molar-refractivity contribution is 9.10. The van der Waals surface area contributed by atoms with Crippen molar-refractivity contribution >= 4 is 39.1 Å². The Labute approximate surface area is 184 Å². The fourth-order valence-corrected chi connectivity index (χ4v) is 2.93. The maximum absolute atomic E-state index is 5.48. The van der Waals surface area contributed by atoms with Crippen LogP contribution in [-0.2, 0) is 4.74 Å². The number of hydrogen-bond acceptors (Lipinski definition) is 6. The molecule has 0 aliphatic carbocycles. The molecule has 0 fully saturated rings. The lowest BCUT2D eigenvalue weighted by Gasteiger charge is -2.11. The van der Waals surface area contributed by atoms with E-state index in [1.54, 1.807) is 13.3 Å². The Morgan fingerprint density at radius 3 is 2.73 bits per heavy atom. The van der Waals surface area contributed by atoms with E-state index in [9.17, 15) is 0 Å². The van der Waals surface area contributed by atoms with Crippen LogP contribution in [0.3, 0.4) is 0 Å². The monoisotopic (exact) mass is 468 g/mol. The zero-order chi connectivity index (χ0) is 21.5. The van der Waals surface area contributed by atoms with Crippen molar-refractivity contribution in [2.75, 3.05) is 24.3 Å². The number of nitrogens with zero attached hydrogens (tertiary/aromatic N) is 3. The van der Waals surface area contributed by atoms with Gasteiger partial charge in [0.25, 0.3) is 0 Å². The highest BCUT2D eigenvalue weighted by atomic mass is 79.9. The van der Waals surface area contributed by atoms with Crippen molar-refractivity contribution in [3.8, 4) is 0 Å². The standard InChI is InChI=1S/C22H25BrN6O/c1-14(2)19-11-20(29-28-19)26-21-18(23)13-25-22(27-21)24-12-17(30-4)10-15(3)16-8-6-5-7-9-16/h5-11,13-14H,3,12H2,1-2,4H3,(H3,24,25,26,27,28,29)/b17-10-. The van der Waals surface area contributed by atoms with Gasteiger partial charge in [-0.3, -0.25) is 5.10 Å². The van der Waals surface area contributed by atoms with Crippen molar-refractivity contribution in [2.45, 2.75) is 19.8 Å². The molecule has 2 aromatic heterocycles. The predicted octanol–water partition coefficient (Wildman–Crippen LogP) is 5.48. The predicted molar refractivity (Wildman–Crippen MR) is 125 cm³/mol. The Bertz CT molecular complexity index is 1030. The zero-order valence-corrected chi connectivity index (χ0v) is 18.8. The van der Waals surface area contributed by atoms with Crippen molar-refractivity contribution in [3.63, 3.8) is 0 Å². The Morgan fingerprint density at radius 2 is 2.07 bits per heavy atom. The van der Waals surface area contributed by atoms with Gasteiger partial charge in [-0.25, -0.2) is 4.98 Å². The van der Waals surface area contributed by atoms with E-state index in [1.165, 1.54) is 0 Å². The van der Waals surface area contributed by atoms with Gasteiger partial charge in [-0.2, -0.15) is 10.1 Å². The minimum absolute atomic E-state index is 0.341. The summed E-state index contributed by atoms with van der Waals surface area (Å²) in [5.74, 6) is 2.93. The number of benzene rings is 1.